The third-order valence-corrected chi connectivity index (χ3v) is 4.05. The summed E-state index contributed by atoms with van der Waals surface area (Å²) in [6, 6.07) is 14.0. The van der Waals surface area contributed by atoms with E-state index in [4.69, 9.17) is 4.94 Å². The van der Waals surface area contributed by atoms with Gasteiger partial charge in [-0.25, -0.2) is 4.98 Å². The standard InChI is InChI=1S/C19H18N4O/c1-14-8-10-20-17(12-14)23-18-13-15(2)9-11-22(18)19(21-24-23)16-6-4-3-5-7-16/h3-13,18H,1-2H3/t18-/m0/s1. The zero-order valence-corrected chi connectivity index (χ0v) is 13.6. The van der Waals surface area contributed by atoms with Gasteiger partial charge in [0.15, 0.2) is 17.8 Å². The van der Waals surface area contributed by atoms with Crippen molar-refractivity contribution in [3.63, 3.8) is 0 Å². The molecule has 5 nitrogen and oxygen atoms in total. The van der Waals surface area contributed by atoms with Crippen LogP contribution in [0.4, 0.5) is 5.82 Å². The molecule has 1 aromatic carbocycles. The van der Waals surface area contributed by atoms with Crippen molar-refractivity contribution in [3.05, 3.63) is 83.7 Å². The van der Waals surface area contributed by atoms with Crippen LogP contribution in [0, 0.1) is 6.92 Å². The molecule has 5 heteroatoms. The Labute approximate surface area is 141 Å². The van der Waals surface area contributed by atoms with Crippen molar-refractivity contribution in [1.29, 1.82) is 0 Å². The predicted molar refractivity (Wildman–Crippen MR) is 94.0 cm³/mol. The number of fused-ring (bicyclic) bond motifs is 1. The van der Waals surface area contributed by atoms with Gasteiger partial charge in [-0.15, -0.1) is 5.06 Å². The summed E-state index contributed by atoms with van der Waals surface area (Å²) in [5.74, 6) is 1.52. The van der Waals surface area contributed by atoms with Gasteiger partial charge in [-0.2, -0.15) is 0 Å². The van der Waals surface area contributed by atoms with E-state index in [-0.39, 0.29) is 6.17 Å². The van der Waals surface area contributed by atoms with Crippen LogP contribution in [0.15, 0.2) is 77.7 Å². The zero-order valence-electron chi connectivity index (χ0n) is 13.6. The molecule has 0 spiro atoms. The highest BCUT2D eigenvalue weighted by Crippen LogP contribution is 2.28. The summed E-state index contributed by atoms with van der Waals surface area (Å²) in [4.78, 5) is 12.3. The Morgan fingerprint density at radius 1 is 1.08 bits per heavy atom. The van der Waals surface area contributed by atoms with Crippen molar-refractivity contribution >= 4 is 11.7 Å². The van der Waals surface area contributed by atoms with Gasteiger partial charge < -0.3 is 4.90 Å². The number of hydrogen-bond acceptors (Lipinski definition) is 5. The van der Waals surface area contributed by atoms with Gasteiger partial charge in [-0.05, 0) is 54.4 Å². The Balaban J connectivity index is 1.77. The maximum absolute atomic E-state index is 5.74. The van der Waals surface area contributed by atoms with Crippen LogP contribution < -0.4 is 5.06 Å². The minimum absolute atomic E-state index is 0.128. The van der Waals surface area contributed by atoms with Gasteiger partial charge >= 0.3 is 0 Å². The van der Waals surface area contributed by atoms with Crippen molar-refractivity contribution in [2.75, 3.05) is 5.06 Å². The molecule has 0 fully saturated rings. The fraction of sp³-hybridized carbons (Fsp3) is 0.158. The number of amidine groups is 1. The first-order chi connectivity index (χ1) is 11.7. The van der Waals surface area contributed by atoms with Crippen LogP contribution in [0.25, 0.3) is 0 Å². The molecule has 2 aromatic rings. The van der Waals surface area contributed by atoms with Crippen molar-refractivity contribution in [2.24, 2.45) is 5.16 Å². The van der Waals surface area contributed by atoms with E-state index in [2.05, 4.69) is 34.1 Å². The van der Waals surface area contributed by atoms with Crippen LogP contribution in [0.5, 0.6) is 0 Å². The molecular formula is C19H18N4O. The number of aryl methyl sites for hydroxylation is 1. The fourth-order valence-electron chi connectivity index (χ4n) is 2.82. The second-order valence-corrected chi connectivity index (χ2v) is 5.93. The van der Waals surface area contributed by atoms with Crippen molar-refractivity contribution in [3.8, 4) is 0 Å². The largest absolute Gasteiger partial charge is 0.302 e. The van der Waals surface area contributed by atoms with Crippen molar-refractivity contribution in [2.45, 2.75) is 20.0 Å². The van der Waals surface area contributed by atoms with Crippen molar-refractivity contribution in [1.82, 2.24) is 9.88 Å². The summed E-state index contributed by atoms with van der Waals surface area (Å²) in [5.41, 5.74) is 3.31. The van der Waals surface area contributed by atoms with Crippen LogP contribution in [0.1, 0.15) is 18.1 Å². The number of nitrogens with zero attached hydrogens (tertiary/aromatic N) is 4. The summed E-state index contributed by atoms with van der Waals surface area (Å²) < 4.78 is 0. The Morgan fingerprint density at radius 3 is 2.71 bits per heavy atom. The monoisotopic (exact) mass is 318 g/mol. The normalized spacial score (nSPS) is 19.3. The average molecular weight is 318 g/mol. The van der Waals surface area contributed by atoms with Gasteiger partial charge in [0.05, 0.1) is 0 Å². The Morgan fingerprint density at radius 2 is 1.92 bits per heavy atom. The zero-order chi connectivity index (χ0) is 16.5. The maximum atomic E-state index is 5.74. The smallest absolute Gasteiger partial charge is 0.184 e. The van der Waals surface area contributed by atoms with Crippen LogP contribution >= 0.6 is 0 Å². The van der Waals surface area contributed by atoms with E-state index in [9.17, 15) is 0 Å². The lowest BCUT2D eigenvalue weighted by Gasteiger charge is -2.40. The first kappa shape index (κ1) is 14.5. The molecule has 4 rings (SSSR count). The van der Waals surface area contributed by atoms with Gasteiger partial charge in [-0.1, -0.05) is 30.3 Å². The molecule has 0 N–H and O–H groups in total. The number of benzene rings is 1. The van der Waals surface area contributed by atoms with Gasteiger partial charge in [0, 0.05) is 18.0 Å². The van der Waals surface area contributed by atoms with Gasteiger partial charge in [0.25, 0.3) is 0 Å². The van der Waals surface area contributed by atoms with E-state index in [0.29, 0.717) is 0 Å². The van der Waals surface area contributed by atoms with E-state index in [1.54, 1.807) is 11.3 Å². The SMILES string of the molecule is CC1=C[C@H]2N(C=C1)C(c1ccccc1)=NON2c1cc(C)ccn1. The molecule has 0 saturated heterocycles. The molecule has 1 atom stereocenters. The molecule has 1 aromatic heterocycles. The number of hydroxylamine groups is 1. The Hall–Kier alpha value is -3.08. The number of rotatable bonds is 2. The highest BCUT2D eigenvalue weighted by atomic mass is 16.8. The Kier molecular flexibility index (Phi) is 3.54. The molecule has 0 bridgehead atoms. The lowest BCUT2D eigenvalue weighted by Crippen LogP contribution is -2.52. The molecule has 0 radical (unpaired) electrons. The number of pyridine rings is 1. The molecule has 2 aliphatic heterocycles. The number of oxime groups is 1. The third-order valence-electron chi connectivity index (χ3n) is 4.05. The van der Waals surface area contributed by atoms with Gasteiger partial charge in [-0.3, -0.25) is 4.94 Å². The average Bonchev–Trinajstić information content (AvgIpc) is 2.61. The lowest BCUT2D eigenvalue weighted by molar-refractivity contribution is 0.0556. The number of anilines is 1. The second-order valence-electron chi connectivity index (χ2n) is 5.93. The summed E-state index contributed by atoms with van der Waals surface area (Å²) in [6.07, 6.45) is 7.90. The summed E-state index contributed by atoms with van der Waals surface area (Å²) >= 11 is 0. The van der Waals surface area contributed by atoms with Crippen LogP contribution in [0.3, 0.4) is 0 Å². The van der Waals surface area contributed by atoms with E-state index >= 15 is 0 Å². The maximum Gasteiger partial charge on any atom is 0.184 e. The summed E-state index contributed by atoms with van der Waals surface area (Å²) in [6.45, 7) is 4.11. The topological polar surface area (TPSA) is 41.0 Å². The number of aromatic nitrogens is 1. The van der Waals surface area contributed by atoms with E-state index < -0.39 is 0 Å². The minimum Gasteiger partial charge on any atom is -0.302 e. The van der Waals surface area contributed by atoms with E-state index in [0.717, 1.165) is 22.8 Å². The molecule has 0 saturated carbocycles. The van der Waals surface area contributed by atoms with E-state index in [1.807, 2.05) is 55.6 Å². The number of allylic oxidation sites excluding steroid dienone is 2. The molecule has 3 heterocycles. The van der Waals surface area contributed by atoms with Gasteiger partial charge in [0.1, 0.15) is 0 Å². The molecule has 24 heavy (non-hydrogen) atoms. The molecule has 0 unspecified atom stereocenters. The first-order valence-electron chi connectivity index (χ1n) is 7.90. The molecule has 0 amide bonds. The van der Waals surface area contributed by atoms with Crippen LogP contribution in [-0.4, -0.2) is 21.9 Å². The highest BCUT2D eigenvalue weighted by molar-refractivity contribution is 6.00. The van der Waals surface area contributed by atoms with Crippen molar-refractivity contribution < 1.29 is 4.94 Å². The van der Waals surface area contributed by atoms with Gasteiger partial charge in [0.2, 0.25) is 0 Å². The highest BCUT2D eigenvalue weighted by Gasteiger charge is 2.34. The quantitative estimate of drug-likeness (QED) is 0.848. The summed E-state index contributed by atoms with van der Waals surface area (Å²) in [7, 11) is 0. The third kappa shape index (κ3) is 2.54. The predicted octanol–water partition coefficient (Wildman–Crippen LogP) is 3.61. The molecule has 120 valence electrons. The van der Waals surface area contributed by atoms with Crippen LogP contribution in [0.2, 0.25) is 0 Å². The molecular weight excluding hydrogens is 300 g/mol. The van der Waals surface area contributed by atoms with E-state index in [1.165, 1.54) is 5.57 Å². The second kappa shape index (κ2) is 5.85. The fourth-order valence-corrected chi connectivity index (χ4v) is 2.82. The lowest BCUT2D eigenvalue weighted by atomic mass is 10.1. The first-order valence-corrected chi connectivity index (χ1v) is 7.90. The minimum atomic E-state index is -0.128. The molecule has 2 aliphatic rings. The summed E-state index contributed by atoms with van der Waals surface area (Å²) in [5, 5.41) is 6.07. The van der Waals surface area contributed by atoms with Crippen LogP contribution in [-0.2, 0) is 4.94 Å². The number of hydrogen-bond donors (Lipinski definition) is 0. The molecule has 0 aliphatic carbocycles. The Bertz CT molecular complexity index is 841.